The Morgan fingerprint density at radius 3 is 2.63 bits per heavy atom. The van der Waals surface area contributed by atoms with Gasteiger partial charge in [0.25, 0.3) is 0 Å². The van der Waals surface area contributed by atoms with E-state index in [0.29, 0.717) is 20.8 Å². The molecule has 38 heavy (non-hydrogen) atoms. The fraction of sp³-hybridized carbons (Fsp3) is 0.231. The molecule has 10 nitrogen and oxygen atoms in total. The van der Waals surface area contributed by atoms with E-state index in [-0.39, 0.29) is 52.6 Å². The van der Waals surface area contributed by atoms with E-state index in [9.17, 15) is 24.6 Å². The quantitative estimate of drug-likeness (QED) is 0.176. The van der Waals surface area contributed by atoms with Crippen LogP contribution in [0.4, 0.5) is 0 Å². The standard InChI is InChI=1S/C26H21N5O5S.Na/c1-12-18(22(26(35)36)31-21(12)19(13(2)32)24(31)34)17-10-30-11-29-20(25(30)37-17)23(33)16-6-15(8-28-9-16)14-4-3-5-27-7-14;/h3-13,19,21,32H,1-2H3,(H,35,36);/q;+1/p-1/t12-,13+,19+,21+;/m0./s1. The van der Waals surface area contributed by atoms with Gasteiger partial charge in [0.2, 0.25) is 11.7 Å². The summed E-state index contributed by atoms with van der Waals surface area (Å²) < 4.78 is 1.67. The van der Waals surface area contributed by atoms with Gasteiger partial charge in [0, 0.05) is 59.2 Å². The largest absolute Gasteiger partial charge is 1.00 e. The third-order valence-corrected chi connectivity index (χ3v) is 8.20. The van der Waals surface area contributed by atoms with Crippen molar-refractivity contribution in [2.24, 2.45) is 11.8 Å². The number of imidazole rings is 1. The Labute approximate surface area is 243 Å². The monoisotopic (exact) mass is 537 g/mol. The first-order valence-electron chi connectivity index (χ1n) is 11.6. The normalized spacial score (nSPS) is 21.2. The molecule has 1 saturated heterocycles. The summed E-state index contributed by atoms with van der Waals surface area (Å²) in [6.45, 7) is 3.36. The van der Waals surface area contributed by atoms with Crippen molar-refractivity contribution in [3.63, 3.8) is 0 Å². The van der Waals surface area contributed by atoms with E-state index in [1.807, 2.05) is 13.0 Å². The number of nitrogens with zero attached hydrogens (tertiary/aromatic N) is 5. The molecule has 0 bridgehead atoms. The SMILES string of the molecule is C[C@@H](O)[C@H]1C(=O)N2C(C(=O)[O-])=C(c3cn4cnc(C(=O)c5cncc(-c6cccnc6)c5)c4s3)[C@H](C)[C@H]12.[Na+]. The van der Waals surface area contributed by atoms with E-state index in [1.54, 1.807) is 41.3 Å². The number of rotatable bonds is 6. The molecular formula is C26H20N5NaO5S. The molecule has 6 rings (SSSR count). The van der Waals surface area contributed by atoms with Crippen LogP contribution in [0.5, 0.6) is 0 Å². The van der Waals surface area contributed by atoms with Crippen LogP contribution in [0.15, 0.2) is 61.2 Å². The van der Waals surface area contributed by atoms with Crippen LogP contribution in [0.2, 0.25) is 0 Å². The predicted molar refractivity (Wildman–Crippen MR) is 131 cm³/mol. The van der Waals surface area contributed by atoms with Gasteiger partial charge in [-0.05, 0) is 19.1 Å². The molecule has 0 unspecified atom stereocenters. The van der Waals surface area contributed by atoms with Crippen LogP contribution < -0.4 is 34.7 Å². The van der Waals surface area contributed by atoms with E-state index in [0.717, 1.165) is 11.1 Å². The minimum atomic E-state index is -1.45. The summed E-state index contributed by atoms with van der Waals surface area (Å²) in [5.74, 6) is -3.22. The van der Waals surface area contributed by atoms with Crippen LogP contribution >= 0.6 is 11.3 Å². The zero-order chi connectivity index (χ0) is 26.0. The Morgan fingerprint density at radius 1 is 1.18 bits per heavy atom. The molecule has 1 N–H and O–H groups in total. The number of aliphatic hydroxyl groups excluding tert-OH is 1. The van der Waals surface area contributed by atoms with Crippen molar-refractivity contribution in [2.75, 3.05) is 0 Å². The molecule has 1 amide bonds. The van der Waals surface area contributed by atoms with Crippen LogP contribution in [0.1, 0.15) is 34.8 Å². The van der Waals surface area contributed by atoms with Crippen molar-refractivity contribution in [3.8, 4) is 11.1 Å². The smallest absolute Gasteiger partial charge is 0.543 e. The van der Waals surface area contributed by atoms with Crippen molar-refractivity contribution in [1.29, 1.82) is 0 Å². The number of hydrogen-bond donors (Lipinski definition) is 1. The molecule has 1 fully saturated rings. The molecule has 4 aromatic heterocycles. The molecule has 186 valence electrons. The van der Waals surface area contributed by atoms with Crippen molar-refractivity contribution < 1.29 is 54.2 Å². The third-order valence-electron chi connectivity index (χ3n) is 7.05. The summed E-state index contributed by atoms with van der Waals surface area (Å²) in [5, 5.41) is 22.2. The summed E-state index contributed by atoms with van der Waals surface area (Å²) in [5.41, 5.74) is 2.41. The molecule has 12 heteroatoms. The Hall–Kier alpha value is -3.22. The van der Waals surface area contributed by atoms with Gasteiger partial charge >= 0.3 is 29.6 Å². The molecule has 0 saturated carbocycles. The number of thiazole rings is 1. The molecule has 6 heterocycles. The second kappa shape index (κ2) is 9.83. The van der Waals surface area contributed by atoms with Crippen LogP contribution in [0.3, 0.4) is 0 Å². The first-order chi connectivity index (χ1) is 17.8. The molecule has 2 aliphatic rings. The summed E-state index contributed by atoms with van der Waals surface area (Å²) in [4.78, 5) is 53.2. The molecule has 0 radical (unpaired) electrons. The van der Waals surface area contributed by atoms with Gasteiger partial charge in [-0.15, -0.1) is 11.3 Å². The van der Waals surface area contributed by atoms with Crippen molar-refractivity contribution >= 4 is 39.4 Å². The van der Waals surface area contributed by atoms with Crippen molar-refractivity contribution in [3.05, 3.63) is 77.3 Å². The number of aliphatic carboxylic acids is 1. The second-order valence-corrected chi connectivity index (χ2v) is 10.3. The number of ketones is 1. The van der Waals surface area contributed by atoms with Gasteiger partial charge in [-0.25, -0.2) is 4.98 Å². The number of β-lactam (4-membered cyclic amide) rings is 1. The van der Waals surface area contributed by atoms with E-state index in [4.69, 9.17) is 0 Å². The van der Waals surface area contributed by atoms with Crippen LogP contribution in [0.25, 0.3) is 21.5 Å². The molecule has 4 atom stereocenters. The number of fused-ring (bicyclic) bond motifs is 2. The average molecular weight is 538 g/mol. The van der Waals surface area contributed by atoms with Crippen LogP contribution in [0, 0.1) is 11.8 Å². The number of carbonyl (C=O) groups excluding carboxylic acids is 3. The molecule has 0 aliphatic carbocycles. The maximum Gasteiger partial charge on any atom is 1.00 e. The van der Waals surface area contributed by atoms with Crippen molar-refractivity contribution in [2.45, 2.75) is 26.0 Å². The van der Waals surface area contributed by atoms with Gasteiger partial charge in [0.05, 0.1) is 34.6 Å². The van der Waals surface area contributed by atoms with E-state index in [2.05, 4.69) is 15.0 Å². The average Bonchev–Trinajstić information content (AvgIpc) is 3.54. The number of aromatic nitrogens is 4. The molecular weight excluding hydrogens is 517 g/mol. The Kier molecular flexibility index (Phi) is 6.82. The zero-order valence-electron chi connectivity index (χ0n) is 20.7. The Morgan fingerprint density at radius 2 is 1.95 bits per heavy atom. The fourth-order valence-electron chi connectivity index (χ4n) is 5.36. The van der Waals surface area contributed by atoms with E-state index < -0.39 is 29.9 Å². The fourth-order valence-corrected chi connectivity index (χ4v) is 6.57. The number of carboxylic acids is 1. The molecule has 0 aromatic carbocycles. The van der Waals surface area contributed by atoms with Gasteiger partial charge in [-0.1, -0.05) is 13.0 Å². The van der Waals surface area contributed by atoms with Gasteiger partial charge in [0.1, 0.15) is 16.9 Å². The molecule has 4 aromatic rings. The number of carbonyl (C=O) groups is 3. The zero-order valence-corrected chi connectivity index (χ0v) is 23.5. The first kappa shape index (κ1) is 26.4. The third kappa shape index (κ3) is 3.93. The number of aliphatic hydroxyl groups is 1. The molecule has 0 spiro atoms. The van der Waals surface area contributed by atoms with Gasteiger partial charge < -0.3 is 19.9 Å². The summed E-state index contributed by atoms with van der Waals surface area (Å²) in [6, 6.07) is 4.95. The van der Waals surface area contributed by atoms with Crippen molar-refractivity contribution in [1.82, 2.24) is 24.3 Å². The maximum atomic E-state index is 13.4. The second-order valence-electron chi connectivity index (χ2n) is 9.24. The number of amides is 1. The van der Waals surface area contributed by atoms with Crippen LogP contribution in [-0.2, 0) is 9.59 Å². The minimum Gasteiger partial charge on any atom is -0.543 e. The summed E-state index contributed by atoms with van der Waals surface area (Å²) in [6.07, 6.45) is 8.78. The summed E-state index contributed by atoms with van der Waals surface area (Å²) in [7, 11) is 0. The maximum absolute atomic E-state index is 13.4. The Bertz CT molecular complexity index is 1630. The van der Waals surface area contributed by atoms with Gasteiger partial charge in [-0.3, -0.25) is 24.0 Å². The topological polar surface area (TPSA) is 141 Å². The number of carboxylic acid groups (broad SMARTS) is 1. The Balaban J connectivity index is 0.00000294. The summed E-state index contributed by atoms with van der Waals surface area (Å²) >= 11 is 1.22. The number of hydrogen-bond acceptors (Lipinski definition) is 9. The van der Waals surface area contributed by atoms with E-state index in [1.165, 1.54) is 35.7 Å². The first-order valence-corrected chi connectivity index (χ1v) is 12.4. The van der Waals surface area contributed by atoms with Crippen LogP contribution in [-0.4, -0.2) is 59.2 Å². The minimum absolute atomic E-state index is 0. The van der Waals surface area contributed by atoms with E-state index >= 15 is 0 Å². The molecule has 2 aliphatic heterocycles. The van der Waals surface area contributed by atoms with Gasteiger partial charge in [0.15, 0.2) is 0 Å². The predicted octanol–water partition coefficient (Wildman–Crippen LogP) is -1.59. The van der Waals surface area contributed by atoms with Gasteiger partial charge in [-0.2, -0.15) is 0 Å². The number of pyridine rings is 2.